The van der Waals surface area contributed by atoms with Crippen LogP contribution in [0.2, 0.25) is 0 Å². The first kappa shape index (κ1) is 17.9. The first-order chi connectivity index (χ1) is 12.1. The molecule has 0 aromatic heterocycles. The molecule has 2 aliphatic rings. The molecular formula is C19H25NO5. The number of carbonyl (C=O) groups is 2. The molecule has 1 aromatic carbocycles. The van der Waals surface area contributed by atoms with Crippen molar-refractivity contribution in [1.82, 2.24) is 4.90 Å². The molecular weight excluding hydrogens is 322 g/mol. The zero-order valence-corrected chi connectivity index (χ0v) is 14.4. The normalized spacial score (nSPS) is 21.9. The maximum absolute atomic E-state index is 12.5. The minimum Gasteiger partial charge on any atom is -0.478 e. The number of amides is 1. The molecule has 136 valence electrons. The van der Waals surface area contributed by atoms with E-state index in [0.29, 0.717) is 25.3 Å². The highest BCUT2D eigenvalue weighted by atomic mass is 16.5. The van der Waals surface area contributed by atoms with Gasteiger partial charge in [-0.05, 0) is 56.4 Å². The zero-order chi connectivity index (χ0) is 17.6. The summed E-state index contributed by atoms with van der Waals surface area (Å²) in [5, 5.41) is 8.92. The van der Waals surface area contributed by atoms with Gasteiger partial charge >= 0.3 is 5.97 Å². The molecule has 0 aliphatic carbocycles. The molecule has 3 rings (SSSR count). The van der Waals surface area contributed by atoms with Crippen molar-refractivity contribution in [2.75, 3.05) is 26.3 Å². The van der Waals surface area contributed by atoms with E-state index in [4.69, 9.17) is 14.6 Å². The third-order valence-corrected chi connectivity index (χ3v) is 4.90. The van der Waals surface area contributed by atoms with Crippen LogP contribution in [0, 0.1) is 0 Å². The highest BCUT2D eigenvalue weighted by Gasteiger charge is 2.25. The van der Waals surface area contributed by atoms with Gasteiger partial charge in [-0.3, -0.25) is 4.79 Å². The second kappa shape index (κ2) is 8.45. The Hall–Kier alpha value is -1.92. The van der Waals surface area contributed by atoms with Crippen LogP contribution in [0.3, 0.4) is 0 Å². The van der Waals surface area contributed by atoms with Crippen molar-refractivity contribution < 1.29 is 24.2 Å². The summed E-state index contributed by atoms with van der Waals surface area (Å²) in [6.45, 7) is 2.81. The van der Waals surface area contributed by atoms with Gasteiger partial charge in [0.25, 0.3) is 5.91 Å². The first-order valence-corrected chi connectivity index (χ1v) is 8.99. The Morgan fingerprint density at radius 1 is 1.08 bits per heavy atom. The van der Waals surface area contributed by atoms with Crippen LogP contribution in [0.15, 0.2) is 24.3 Å². The standard InChI is InChI=1S/C19H25NO5/c21-18(14-4-6-15(7-5-14)19(22)23)20-10-8-16(9-11-20)25-13-17-3-1-2-12-24-17/h4-7,16-17H,1-3,8-13H2,(H,22,23). The summed E-state index contributed by atoms with van der Waals surface area (Å²) < 4.78 is 11.7. The lowest BCUT2D eigenvalue weighted by atomic mass is 10.0. The molecule has 6 nitrogen and oxygen atoms in total. The first-order valence-electron chi connectivity index (χ1n) is 8.99. The van der Waals surface area contributed by atoms with Gasteiger partial charge < -0.3 is 19.5 Å². The van der Waals surface area contributed by atoms with E-state index in [1.165, 1.54) is 18.6 Å². The molecule has 2 heterocycles. The minimum absolute atomic E-state index is 0.0500. The Balaban J connectivity index is 1.44. The van der Waals surface area contributed by atoms with E-state index >= 15 is 0 Å². The monoisotopic (exact) mass is 347 g/mol. The zero-order valence-electron chi connectivity index (χ0n) is 14.4. The number of ether oxygens (including phenoxy) is 2. The van der Waals surface area contributed by atoms with Crippen molar-refractivity contribution in [2.24, 2.45) is 0 Å². The number of carboxylic acid groups (broad SMARTS) is 1. The van der Waals surface area contributed by atoms with Crippen molar-refractivity contribution in [2.45, 2.75) is 44.3 Å². The van der Waals surface area contributed by atoms with Crippen molar-refractivity contribution >= 4 is 11.9 Å². The number of hydrogen-bond acceptors (Lipinski definition) is 4. The molecule has 1 amide bonds. The number of nitrogens with zero attached hydrogens (tertiary/aromatic N) is 1. The summed E-state index contributed by atoms with van der Waals surface area (Å²) in [5.41, 5.74) is 0.716. The Morgan fingerprint density at radius 3 is 2.36 bits per heavy atom. The van der Waals surface area contributed by atoms with E-state index in [0.717, 1.165) is 32.3 Å². The molecule has 2 saturated heterocycles. The van der Waals surface area contributed by atoms with Crippen LogP contribution in [-0.2, 0) is 9.47 Å². The summed E-state index contributed by atoms with van der Waals surface area (Å²) in [6.07, 6.45) is 5.48. The minimum atomic E-state index is -0.987. The maximum Gasteiger partial charge on any atom is 0.335 e. The van der Waals surface area contributed by atoms with Crippen molar-refractivity contribution in [3.63, 3.8) is 0 Å². The van der Waals surface area contributed by atoms with Crippen LogP contribution >= 0.6 is 0 Å². The summed E-state index contributed by atoms with van der Waals surface area (Å²) in [5.74, 6) is -1.04. The highest BCUT2D eigenvalue weighted by Crippen LogP contribution is 2.19. The van der Waals surface area contributed by atoms with E-state index in [1.54, 1.807) is 12.1 Å². The molecule has 1 atom stereocenters. The summed E-state index contributed by atoms with van der Waals surface area (Å²) >= 11 is 0. The second-order valence-corrected chi connectivity index (χ2v) is 6.70. The van der Waals surface area contributed by atoms with Crippen LogP contribution < -0.4 is 0 Å². The third-order valence-electron chi connectivity index (χ3n) is 4.90. The average Bonchev–Trinajstić information content (AvgIpc) is 2.67. The average molecular weight is 347 g/mol. The number of carboxylic acids is 1. The van der Waals surface area contributed by atoms with Gasteiger partial charge in [0.15, 0.2) is 0 Å². The maximum atomic E-state index is 12.5. The Morgan fingerprint density at radius 2 is 1.76 bits per heavy atom. The van der Waals surface area contributed by atoms with E-state index in [-0.39, 0.29) is 23.7 Å². The largest absolute Gasteiger partial charge is 0.478 e. The van der Waals surface area contributed by atoms with Crippen molar-refractivity contribution in [3.05, 3.63) is 35.4 Å². The Labute approximate surface area is 147 Å². The quantitative estimate of drug-likeness (QED) is 0.886. The van der Waals surface area contributed by atoms with Crippen molar-refractivity contribution in [3.8, 4) is 0 Å². The van der Waals surface area contributed by atoms with Crippen LogP contribution in [0.25, 0.3) is 0 Å². The molecule has 0 radical (unpaired) electrons. The van der Waals surface area contributed by atoms with E-state index in [9.17, 15) is 9.59 Å². The lowest BCUT2D eigenvalue weighted by molar-refractivity contribution is -0.0733. The van der Waals surface area contributed by atoms with Gasteiger partial charge in [0.1, 0.15) is 0 Å². The summed E-state index contributed by atoms with van der Waals surface area (Å²) in [6, 6.07) is 6.09. The number of piperidine rings is 1. The number of hydrogen-bond donors (Lipinski definition) is 1. The molecule has 0 saturated carbocycles. The van der Waals surface area contributed by atoms with E-state index in [1.807, 2.05) is 4.90 Å². The fourth-order valence-electron chi connectivity index (χ4n) is 3.35. The summed E-state index contributed by atoms with van der Waals surface area (Å²) in [7, 11) is 0. The SMILES string of the molecule is O=C(O)c1ccc(C(=O)N2CCC(OCC3CCCCO3)CC2)cc1. The second-order valence-electron chi connectivity index (χ2n) is 6.70. The molecule has 0 spiro atoms. The van der Waals surface area contributed by atoms with Gasteiger partial charge in [0.05, 0.1) is 24.4 Å². The molecule has 1 unspecified atom stereocenters. The van der Waals surface area contributed by atoms with Gasteiger partial charge in [-0.1, -0.05) is 0 Å². The Kier molecular flexibility index (Phi) is 6.04. The van der Waals surface area contributed by atoms with Gasteiger partial charge in [-0.2, -0.15) is 0 Å². The predicted molar refractivity (Wildman–Crippen MR) is 91.9 cm³/mol. The molecule has 2 aliphatic heterocycles. The Bertz CT molecular complexity index is 586. The van der Waals surface area contributed by atoms with Crippen LogP contribution in [0.1, 0.15) is 52.8 Å². The number of rotatable bonds is 5. The molecule has 1 aromatic rings. The fraction of sp³-hybridized carbons (Fsp3) is 0.579. The number of aromatic carboxylic acids is 1. The smallest absolute Gasteiger partial charge is 0.335 e. The molecule has 25 heavy (non-hydrogen) atoms. The molecule has 1 N–H and O–H groups in total. The fourth-order valence-corrected chi connectivity index (χ4v) is 3.35. The number of benzene rings is 1. The molecule has 0 bridgehead atoms. The van der Waals surface area contributed by atoms with Crippen molar-refractivity contribution in [1.29, 1.82) is 0 Å². The van der Waals surface area contributed by atoms with Gasteiger partial charge in [0, 0.05) is 25.3 Å². The third kappa shape index (κ3) is 4.80. The van der Waals surface area contributed by atoms with Gasteiger partial charge in [-0.15, -0.1) is 0 Å². The van der Waals surface area contributed by atoms with E-state index < -0.39 is 5.97 Å². The number of carbonyl (C=O) groups excluding carboxylic acids is 1. The lowest BCUT2D eigenvalue weighted by Gasteiger charge is -2.33. The van der Waals surface area contributed by atoms with Crippen LogP contribution in [-0.4, -0.2) is 60.4 Å². The van der Waals surface area contributed by atoms with E-state index in [2.05, 4.69) is 0 Å². The number of likely N-dealkylation sites (tertiary alicyclic amines) is 1. The lowest BCUT2D eigenvalue weighted by Crippen LogP contribution is -2.41. The summed E-state index contributed by atoms with van der Waals surface area (Å²) in [4.78, 5) is 25.2. The van der Waals surface area contributed by atoms with Gasteiger partial charge in [0.2, 0.25) is 0 Å². The molecule has 2 fully saturated rings. The topological polar surface area (TPSA) is 76.1 Å². The molecule has 6 heteroatoms. The van der Waals surface area contributed by atoms with Crippen LogP contribution in [0.4, 0.5) is 0 Å². The van der Waals surface area contributed by atoms with Gasteiger partial charge in [-0.25, -0.2) is 4.79 Å². The predicted octanol–water partition coefficient (Wildman–Crippen LogP) is 2.58. The highest BCUT2D eigenvalue weighted by molar-refractivity contribution is 5.95. The van der Waals surface area contributed by atoms with Crippen LogP contribution in [0.5, 0.6) is 0 Å².